The molecule has 1 atom stereocenters. The van der Waals surface area contributed by atoms with Gasteiger partial charge in [0.2, 0.25) is 0 Å². The van der Waals surface area contributed by atoms with Crippen molar-refractivity contribution in [1.82, 2.24) is 10.2 Å². The smallest absolute Gasteiger partial charge is 0.416 e. The van der Waals surface area contributed by atoms with E-state index in [-0.39, 0.29) is 6.10 Å². The summed E-state index contributed by atoms with van der Waals surface area (Å²) >= 11 is 0. The Morgan fingerprint density at radius 1 is 1.14 bits per heavy atom. The van der Waals surface area contributed by atoms with Crippen LogP contribution >= 0.6 is 0 Å². The molecule has 6 nitrogen and oxygen atoms in total. The van der Waals surface area contributed by atoms with Gasteiger partial charge >= 0.3 is 12.3 Å². The van der Waals surface area contributed by atoms with Crippen LogP contribution in [0.2, 0.25) is 0 Å². The molecule has 0 aromatic heterocycles. The third-order valence-corrected chi connectivity index (χ3v) is 4.83. The molecule has 1 amide bonds. The van der Waals surface area contributed by atoms with Crippen molar-refractivity contribution >= 4 is 11.8 Å². The lowest BCUT2D eigenvalue weighted by molar-refractivity contribution is -0.137. The number of alkyl halides is 3. The molecule has 9 heteroatoms. The Morgan fingerprint density at radius 3 is 2.45 bits per heavy atom. The summed E-state index contributed by atoms with van der Waals surface area (Å²) < 4.78 is 51.1. The number of nitrogens with zero attached hydrogens (tertiary/aromatic N) is 2. The maximum absolute atomic E-state index is 13.2. The van der Waals surface area contributed by atoms with Crippen LogP contribution in [0.25, 0.3) is 0 Å². The minimum atomic E-state index is -4.41. The van der Waals surface area contributed by atoms with E-state index < -0.39 is 23.4 Å². The number of hydrogen-bond acceptors (Lipinski definition) is 5. The Kier molecular flexibility index (Phi) is 6.16. The van der Waals surface area contributed by atoms with Crippen molar-refractivity contribution in [3.8, 4) is 5.75 Å². The number of ether oxygens (including phenoxy) is 2. The van der Waals surface area contributed by atoms with Gasteiger partial charge in [-0.15, -0.1) is 0 Å². The summed E-state index contributed by atoms with van der Waals surface area (Å²) in [6.45, 7) is 8.85. The quantitative estimate of drug-likeness (QED) is 0.819. The highest BCUT2D eigenvalue weighted by Crippen LogP contribution is 2.38. The van der Waals surface area contributed by atoms with E-state index in [0.29, 0.717) is 57.1 Å². The number of amides is 1. The molecule has 162 valence electrons. The highest BCUT2D eigenvalue weighted by atomic mass is 19.4. The third-order valence-electron chi connectivity index (χ3n) is 4.83. The molecular weight excluding hydrogens is 387 g/mol. The predicted molar refractivity (Wildman–Crippen MR) is 103 cm³/mol. The van der Waals surface area contributed by atoms with Crippen molar-refractivity contribution in [3.05, 3.63) is 23.8 Å². The summed E-state index contributed by atoms with van der Waals surface area (Å²) in [7, 11) is 0. The van der Waals surface area contributed by atoms with Crippen molar-refractivity contribution in [1.29, 1.82) is 0 Å². The van der Waals surface area contributed by atoms with Crippen LogP contribution in [0, 0.1) is 0 Å². The van der Waals surface area contributed by atoms with E-state index in [1.165, 1.54) is 6.07 Å². The first-order valence-electron chi connectivity index (χ1n) is 9.84. The third kappa shape index (κ3) is 5.68. The number of benzene rings is 1. The number of anilines is 1. The van der Waals surface area contributed by atoms with E-state index in [1.807, 2.05) is 4.90 Å². The zero-order valence-electron chi connectivity index (χ0n) is 17.0. The molecule has 1 aromatic carbocycles. The van der Waals surface area contributed by atoms with Gasteiger partial charge in [-0.1, -0.05) is 0 Å². The van der Waals surface area contributed by atoms with Gasteiger partial charge in [0.05, 0.1) is 17.8 Å². The van der Waals surface area contributed by atoms with Crippen LogP contribution in [-0.4, -0.2) is 62.0 Å². The van der Waals surface area contributed by atoms with Crippen molar-refractivity contribution in [2.45, 2.75) is 45.1 Å². The van der Waals surface area contributed by atoms with E-state index in [0.717, 1.165) is 12.1 Å². The fraction of sp³-hybridized carbons (Fsp3) is 0.650. The zero-order chi connectivity index (χ0) is 21.2. The Labute approximate surface area is 168 Å². The normalized spacial score (nSPS) is 20.7. The van der Waals surface area contributed by atoms with Crippen LogP contribution in [0.5, 0.6) is 5.75 Å². The van der Waals surface area contributed by atoms with Crippen LogP contribution in [0.3, 0.4) is 0 Å². The van der Waals surface area contributed by atoms with Gasteiger partial charge in [-0.05, 0) is 39.0 Å². The summed E-state index contributed by atoms with van der Waals surface area (Å²) in [5.41, 5.74) is -0.837. The van der Waals surface area contributed by atoms with E-state index >= 15 is 0 Å². The second-order valence-electron chi connectivity index (χ2n) is 8.37. The van der Waals surface area contributed by atoms with Crippen molar-refractivity contribution in [2.75, 3.05) is 44.2 Å². The minimum absolute atomic E-state index is 0.291. The van der Waals surface area contributed by atoms with Crippen LogP contribution in [-0.2, 0) is 10.9 Å². The van der Waals surface area contributed by atoms with E-state index in [4.69, 9.17) is 9.47 Å². The maximum Gasteiger partial charge on any atom is 0.416 e. The lowest BCUT2D eigenvalue weighted by atomic mass is 10.1. The molecule has 2 fully saturated rings. The standard InChI is InChI=1S/C20H28F3N3O3/c1-19(2,3)29-18(27)26-9-6-15(13-26)28-17-5-4-14(20(21,22)23)12-16(17)25-10-7-24-8-11-25/h4-5,12,15,24H,6-11,13H2,1-3H3. The molecule has 1 aromatic rings. The molecule has 29 heavy (non-hydrogen) atoms. The van der Waals surface area contributed by atoms with Gasteiger partial charge in [0, 0.05) is 39.1 Å². The number of carbonyl (C=O) groups excluding carboxylic acids is 1. The monoisotopic (exact) mass is 415 g/mol. The van der Waals surface area contributed by atoms with Crippen LogP contribution < -0.4 is 15.0 Å². The summed E-state index contributed by atoms with van der Waals surface area (Å²) in [6.07, 6.45) is -4.51. The largest absolute Gasteiger partial charge is 0.486 e. The number of piperazine rings is 1. The summed E-state index contributed by atoms with van der Waals surface area (Å²) in [5, 5.41) is 3.20. The molecule has 0 radical (unpaired) electrons. The molecule has 0 bridgehead atoms. The van der Waals surface area contributed by atoms with E-state index in [1.54, 1.807) is 25.7 Å². The SMILES string of the molecule is CC(C)(C)OC(=O)N1CCC(Oc2ccc(C(F)(F)F)cc2N2CCNCC2)C1. The predicted octanol–water partition coefficient (Wildman–Crippen LogP) is 3.50. The van der Waals surface area contributed by atoms with Crippen LogP contribution in [0.1, 0.15) is 32.8 Å². The molecule has 0 spiro atoms. The molecule has 2 saturated heterocycles. The van der Waals surface area contributed by atoms with Crippen LogP contribution in [0.4, 0.5) is 23.7 Å². The van der Waals surface area contributed by atoms with Gasteiger partial charge in [0.25, 0.3) is 0 Å². The first kappa shape index (κ1) is 21.5. The molecule has 2 heterocycles. The maximum atomic E-state index is 13.2. The number of halogens is 3. The fourth-order valence-electron chi connectivity index (χ4n) is 3.44. The Morgan fingerprint density at radius 2 is 1.83 bits per heavy atom. The highest BCUT2D eigenvalue weighted by Gasteiger charge is 2.34. The summed E-state index contributed by atoms with van der Waals surface area (Å²) in [4.78, 5) is 15.7. The van der Waals surface area contributed by atoms with Gasteiger partial charge in [0.1, 0.15) is 17.5 Å². The number of nitrogens with one attached hydrogen (secondary N) is 1. The van der Waals surface area contributed by atoms with Gasteiger partial charge in [-0.2, -0.15) is 13.2 Å². The van der Waals surface area contributed by atoms with E-state index in [9.17, 15) is 18.0 Å². The molecule has 2 aliphatic heterocycles. The van der Waals surface area contributed by atoms with Gasteiger partial charge < -0.3 is 24.6 Å². The Balaban J connectivity index is 1.74. The van der Waals surface area contributed by atoms with Crippen LogP contribution in [0.15, 0.2) is 18.2 Å². The van der Waals surface area contributed by atoms with Gasteiger partial charge in [-0.3, -0.25) is 0 Å². The summed E-state index contributed by atoms with van der Waals surface area (Å²) in [5.74, 6) is 0.413. The molecule has 0 aliphatic carbocycles. The highest BCUT2D eigenvalue weighted by molar-refractivity contribution is 5.68. The minimum Gasteiger partial charge on any atom is -0.486 e. The second kappa shape index (κ2) is 8.30. The van der Waals surface area contributed by atoms with E-state index in [2.05, 4.69) is 5.32 Å². The summed E-state index contributed by atoms with van der Waals surface area (Å²) in [6, 6.07) is 3.58. The first-order chi connectivity index (χ1) is 13.5. The lowest BCUT2D eigenvalue weighted by Crippen LogP contribution is -2.43. The molecule has 2 aliphatic rings. The molecule has 3 rings (SSSR count). The second-order valence-corrected chi connectivity index (χ2v) is 8.37. The number of hydrogen-bond donors (Lipinski definition) is 1. The first-order valence-corrected chi connectivity index (χ1v) is 9.84. The molecule has 1 unspecified atom stereocenters. The Bertz CT molecular complexity index is 728. The number of rotatable bonds is 3. The van der Waals surface area contributed by atoms with Crippen molar-refractivity contribution < 1.29 is 27.4 Å². The molecular formula is C20H28F3N3O3. The number of likely N-dealkylation sites (tertiary alicyclic amines) is 1. The number of carbonyl (C=O) groups is 1. The van der Waals surface area contributed by atoms with Crippen molar-refractivity contribution in [2.24, 2.45) is 0 Å². The Hall–Kier alpha value is -2.16. The fourth-order valence-corrected chi connectivity index (χ4v) is 3.44. The topological polar surface area (TPSA) is 54.0 Å². The molecule has 1 N–H and O–H groups in total. The lowest BCUT2D eigenvalue weighted by Gasteiger charge is -2.32. The van der Waals surface area contributed by atoms with Gasteiger partial charge in [-0.25, -0.2) is 4.79 Å². The zero-order valence-corrected chi connectivity index (χ0v) is 17.0. The average molecular weight is 415 g/mol. The van der Waals surface area contributed by atoms with Gasteiger partial charge in [0.15, 0.2) is 0 Å². The van der Waals surface area contributed by atoms with Crippen molar-refractivity contribution in [3.63, 3.8) is 0 Å². The molecule has 0 saturated carbocycles. The average Bonchev–Trinajstić information content (AvgIpc) is 3.09.